The lowest BCUT2D eigenvalue weighted by Crippen LogP contribution is -2.12. The maximum Gasteiger partial charge on any atom is 0.255 e. The van der Waals surface area contributed by atoms with Gasteiger partial charge in [0.15, 0.2) is 0 Å². The van der Waals surface area contributed by atoms with E-state index >= 15 is 0 Å². The average Bonchev–Trinajstić information content (AvgIpc) is 2.97. The molecule has 2 aromatic carbocycles. The summed E-state index contributed by atoms with van der Waals surface area (Å²) >= 11 is 0. The number of hydrogen-bond acceptors (Lipinski definition) is 2. The molecule has 0 bridgehead atoms. The lowest BCUT2D eigenvalue weighted by atomic mass is 10.1. The standard InChI is InChI=1S/C16H11N3O/c17-10-11-3-1-4-12(9-11)16(20)19-15-6-2-5-14-13(15)7-8-18-14/h1-9,18H,(H,19,20). The van der Waals surface area contributed by atoms with Crippen LogP contribution in [0.5, 0.6) is 0 Å². The van der Waals surface area contributed by atoms with Crippen molar-refractivity contribution < 1.29 is 4.79 Å². The summed E-state index contributed by atoms with van der Waals surface area (Å²) in [5, 5.41) is 12.7. The number of anilines is 1. The molecule has 0 aliphatic heterocycles. The molecule has 1 aromatic heterocycles. The molecule has 0 spiro atoms. The molecule has 1 amide bonds. The third-order valence-electron chi connectivity index (χ3n) is 3.10. The third-order valence-corrected chi connectivity index (χ3v) is 3.10. The Morgan fingerprint density at radius 1 is 1.15 bits per heavy atom. The molecule has 0 saturated carbocycles. The van der Waals surface area contributed by atoms with E-state index in [9.17, 15) is 4.79 Å². The number of fused-ring (bicyclic) bond motifs is 1. The summed E-state index contributed by atoms with van der Waals surface area (Å²) in [6.07, 6.45) is 1.83. The quantitative estimate of drug-likeness (QED) is 0.743. The van der Waals surface area contributed by atoms with Gasteiger partial charge in [-0.15, -0.1) is 0 Å². The van der Waals surface area contributed by atoms with Crippen molar-refractivity contribution in [1.82, 2.24) is 4.98 Å². The van der Waals surface area contributed by atoms with Gasteiger partial charge in [0.05, 0.1) is 17.3 Å². The number of hydrogen-bond donors (Lipinski definition) is 2. The van der Waals surface area contributed by atoms with Gasteiger partial charge in [0.25, 0.3) is 5.91 Å². The summed E-state index contributed by atoms with van der Waals surface area (Å²) in [6.45, 7) is 0. The minimum Gasteiger partial charge on any atom is -0.361 e. The second-order valence-electron chi connectivity index (χ2n) is 4.39. The van der Waals surface area contributed by atoms with E-state index in [-0.39, 0.29) is 5.91 Å². The van der Waals surface area contributed by atoms with E-state index in [0.717, 1.165) is 16.6 Å². The van der Waals surface area contributed by atoms with Crippen LogP contribution >= 0.6 is 0 Å². The van der Waals surface area contributed by atoms with E-state index in [4.69, 9.17) is 5.26 Å². The Hall–Kier alpha value is -3.06. The van der Waals surface area contributed by atoms with Crippen molar-refractivity contribution in [2.75, 3.05) is 5.32 Å². The van der Waals surface area contributed by atoms with E-state index in [2.05, 4.69) is 10.3 Å². The van der Waals surface area contributed by atoms with E-state index < -0.39 is 0 Å². The number of rotatable bonds is 2. The van der Waals surface area contributed by atoms with Crippen molar-refractivity contribution in [2.24, 2.45) is 0 Å². The lowest BCUT2D eigenvalue weighted by molar-refractivity contribution is 0.102. The molecule has 2 N–H and O–H groups in total. The van der Waals surface area contributed by atoms with Crippen LogP contribution in [0.3, 0.4) is 0 Å². The van der Waals surface area contributed by atoms with Crippen molar-refractivity contribution in [1.29, 1.82) is 5.26 Å². The van der Waals surface area contributed by atoms with E-state index in [1.807, 2.05) is 36.5 Å². The number of amides is 1. The first kappa shape index (κ1) is 12.0. The topological polar surface area (TPSA) is 68.7 Å². The monoisotopic (exact) mass is 261 g/mol. The van der Waals surface area contributed by atoms with Gasteiger partial charge in [0.1, 0.15) is 0 Å². The zero-order chi connectivity index (χ0) is 13.9. The van der Waals surface area contributed by atoms with Crippen LogP contribution < -0.4 is 5.32 Å². The summed E-state index contributed by atoms with van der Waals surface area (Å²) in [6, 6.07) is 16.2. The minimum atomic E-state index is -0.226. The predicted molar refractivity (Wildman–Crippen MR) is 77.4 cm³/mol. The fraction of sp³-hybridized carbons (Fsp3) is 0. The van der Waals surface area contributed by atoms with Gasteiger partial charge in [-0.3, -0.25) is 4.79 Å². The Morgan fingerprint density at radius 2 is 2.00 bits per heavy atom. The van der Waals surface area contributed by atoms with Gasteiger partial charge in [-0.25, -0.2) is 0 Å². The average molecular weight is 261 g/mol. The normalized spacial score (nSPS) is 10.2. The molecule has 0 radical (unpaired) electrons. The molecule has 0 unspecified atom stereocenters. The van der Waals surface area contributed by atoms with Crippen LogP contribution in [0.2, 0.25) is 0 Å². The number of nitrogens with one attached hydrogen (secondary N) is 2. The van der Waals surface area contributed by atoms with Crippen molar-refractivity contribution in [3.63, 3.8) is 0 Å². The smallest absolute Gasteiger partial charge is 0.255 e. The summed E-state index contributed by atoms with van der Waals surface area (Å²) < 4.78 is 0. The maximum absolute atomic E-state index is 12.2. The Bertz CT molecular complexity index is 827. The van der Waals surface area contributed by atoms with Crippen LogP contribution in [0.4, 0.5) is 5.69 Å². The second-order valence-corrected chi connectivity index (χ2v) is 4.39. The van der Waals surface area contributed by atoms with Gasteiger partial charge in [-0.1, -0.05) is 12.1 Å². The van der Waals surface area contributed by atoms with Crippen molar-refractivity contribution in [3.8, 4) is 6.07 Å². The van der Waals surface area contributed by atoms with Gasteiger partial charge in [-0.2, -0.15) is 5.26 Å². The molecule has 3 rings (SSSR count). The first-order chi connectivity index (χ1) is 9.78. The maximum atomic E-state index is 12.2. The van der Waals surface area contributed by atoms with Crippen molar-refractivity contribution >= 4 is 22.5 Å². The van der Waals surface area contributed by atoms with Gasteiger partial charge in [0.2, 0.25) is 0 Å². The second kappa shape index (κ2) is 4.90. The lowest BCUT2D eigenvalue weighted by Gasteiger charge is -2.06. The number of carbonyl (C=O) groups excluding carboxylic acids is 1. The molecule has 0 atom stereocenters. The molecule has 1 heterocycles. The minimum absolute atomic E-state index is 0.226. The van der Waals surface area contributed by atoms with Crippen LogP contribution in [-0.4, -0.2) is 10.9 Å². The van der Waals surface area contributed by atoms with Crippen LogP contribution in [0, 0.1) is 11.3 Å². The summed E-state index contributed by atoms with van der Waals surface area (Å²) in [7, 11) is 0. The SMILES string of the molecule is N#Cc1cccc(C(=O)Nc2cccc3[nH]ccc23)c1. The molecule has 0 saturated heterocycles. The number of H-pyrrole nitrogens is 1. The van der Waals surface area contributed by atoms with E-state index in [1.54, 1.807) is 24.3 Å². The molecular weight excluding hydrogens is 250 g/mol. The number of aromatic nitrogens is 1. The van der Waals surface area contributed by atoms with Crippen LogP contribution in [0.25, 0.3) is 10.9 Å². The molecule has 3 aromatic rings. The Kier molecular flexibility index (Phi) is 2.94. The Labute approximate surface area is 115 Å². The Morgan fingerprint density at radius 3 is 2.85 bits per heavy atom. The first-order valence-corrected chi connectivity index (χ1v) is 6.15. The number of nitriles is 1. The predicted octanol–water partition coefficient (Wildman–Crippen LogP) is 3.29. The van der Waals surface area contributed by atoms with Gasteiger partial charge < -0.3 is 10.3 Å². The van der Waals surface area contributed by atoms with Crippen LogP contribution in [-0.2, 0) is 0 Å². The number of nitrogens with zero attached hydrogens (tertiary/aromatic N) is 1. The van der Waals surface area contributed by atoms with Crippen LogP contribution in [0.1, 0.15) is 15.9 Å². The summed E-state index contributed by atoms with van der Waals surface area (Å²) in [4.78, 5) is 15.3. The Balaban J connectivity index is 1.93. The highest BCUT2D eigenvalue weighted by atomic mass is 16.1. The summed E-state index contributed by atoms with van der Waals surface area (Å²) in [5.41, 5.74) is 2.65. The molecule has 0 aliphatic carbocycles. The largest absolute Gasteiger partial charge is 0.361 e. The first-order valence-electron chi connectivity index (χ1n) is 6.15. The van der Waals surface area contributed by atoms with Gasteiger partial charge in [-0.05, 0) is 36.4 Å². The molecule has 20 heavy (non-hydrogen) atoms. The molecule has 0 aliphatic rings. The number of benzene rings is 2. The van der Waals surface area contributed by atoms with Crippen molar-refractivity contribution in [2.45, 2.75) is 0 Å². The third kappa shape index (κ3) is 2.13. The fourth-order valence-corrected chi connectivity index (χ4v) is 2.12. The van der Waals surface area contributed by atoms with E-state index in [0.29, 0.717) is 11.1 Å². The summed E-state index contributed by atoms with van der Waals surface area (Å²) in [5.74, 6) is -0.226. The number of carbonyl (C=O) groups is 1. The zero-order valence-electron chi connectivity index (χ0n) is 10.6. The van der Waals surface area contributed by atoms with Crippen LogP contribution in [0.15, 0.2) is 54.7 Å². The fourth-order valence-electron chi connectivity index (χ4n) is 2.12. The number of aromatic amines is 1. The molecule has 4 nitrogen and oxygen atoms in total. The molecular formula is C16H11N3O. The highest BCUT2D eigenvalue weighted by Gasteiger charge is 2.09. The van der Waals surface area contributed by atoms with Gasteiger partial charge in [0, 0.05) is 22.7 Å². The molecule has 96 valence electrons. The highest BCUT2D eigenvalue weighted by molar-refractivity contribution is 6.08. The van der Waals surface area contributed by atoms with Crippen molar-refractivity contribution in [3.05, 3.63) is 65.9 Å². The van der Waals surface area contributed by atoms with E-state index in [1.165, 1.54) is 0 Å². The van der Waals surface area contributed by atoms with Gasteiger partial charge >= 0.3 is 0 Å². The highest BCUT2D eigenvalue weighted by Crippen LogP contribution is 2.22. The molecule has 0 fully saturated rings. The zero-order valence-corrected chi connectivity index (χ0v) is 10.6. The molecule has 4 heteroatoms.